The Balaban J connectivity index is 1.48. The summed E-state index contributed by atoms with van der Waals surface area (Å²) in [5, 5.41) is 2.50. The minimum atomic E-state index is -0.451. The van der Waals surface area contributed by atoms with Gasteiger partial charge in [-0.3, -0.25) is 4.79 Å². The summed E-state index contributed by atoms with van der Waals surface area (Å²) in [6, 6.07) is 35.6. The van der Waals surface area contributed by atoms with Gasteiger partial charge >= 0.3 is 5.97 Å². The second kappa shape index (κ2) is 9.95. The van der Waals surface area contributed by atoms with Crippen LogP contribution in [0.25, 0.3) is 27.4 Å². The number of hydrogen-bond acceptors (Lipinski definition) is 4. The number of ether oxygens (including phenoxy) is 2. The molecule has 0 bridgehead atoms. The number of benzene rings is 5. The number of carbonyl (C=O) groups excluding carboxylic acids is 2. The standard InChI is InChI=1S/C34H25NO4/c1-22-32(33(36)24-10-4-3-5-11-24)30-21-27(19-20-31(30)35(22)25-15-17-26(38-2)18-16-25)39-34(37)29-14-8-12-23-9-6-7-13-28(23)29/h3-21H,1-2H3. The lowest BCUT2D eigenvalue weighted by Gasteiger charge is -2.10. The topological polar surface area (TPSA) is 57.5 Å². The van der Waals surface area contributed by atoms with Crippen LogP contribution in [0.5, 0.6) is 11.5 Å². The van der Waals surface area contributed by atoms with Crippen LogP contribution in [-0.2, 0) is 0 Å². The maximum absolute atomic E-state index is 13.8. The Morgan fingerprint density at radius 3 is 2.15 bits per heavy atom. The highest BCUT2D eigenvalue weighted by molar-refractivity contribution is 6.18. The lowest BCUT2D eigenvalue weighted by molar-refractivity contribution is 0.0737. The average Bonchev–Trinajstić information content (AvgIpc) is 3.27. The van der Waals surface area contributed by atoms with E-state index in [9.17, 15) is 9.59 Å². The van der Waals surface area contributed by atoms with Crippen LogP contribution in [0.1, 0.15) is 32.0 Å². The molecule has 0 radical (unpaired) electrons. The Kier molecular flexibility index (Phi) is 6.17. The molecule has 0 atom stereocenters. The molecule has 0 spiro atoms. The van der Waals surface area contributed by atoms with E-state index in [0.717, 1.165) is 33.4 Å². The monoisotopic (exact) mass is 511 g/mol. The van der Waals surface area contributed by atoms with Crippen molar-refractivity contribution in [3.8, 4) is 17.2 Å². The summed E-state index contributed by atoms with van der Waals surface area (Å²) in [5.41, 5.74) is 4.16. The van der Waals surface area contributed by atoms with Gasteiger partial charge in [0.25, 0.3) is 0 Å². The van der Waals surface area contributed by atoms with Crippen LogP contribution >= 0.6 is 0 Å². The summed E-state index contributed by atoms with van der Waals surface area (Å²) in [6.07, 6.45) is 0. The summed E-state index contributed by atoms with van der Waals surface area (Å²) in [5.74, 6) is 0.571. The number of methoxy groups -OCH3 is 1. The third kappa shape index (κ3) is 4.34. The van der Waals surface area contributed by atoms with Crippen molar-refractivity contribution in [1.29, 1.82) is 0 Å². The molecule has 39 heavy (non-hydrogen) atoms. The SMILES string of the molecule is COc1ccc(-n2c(C)c(C(=O)c3ccccc3)c3cc(OC(=O)c4cccc5ccccc45)ccc32)cc1. The van der Waals surface area contributed by atoms with Gasteiger partial charge in [-0.05, 0) is 66.2 Å². The molecular weight excluding hydrogens is 486 g/mol. The van der Waals surface area contributed by atoms with Gasteiger partial charge in [-0.1, -0.05) is 66.7 Å². The normalized spacial score (nSPS) is 11.0. The number of ketones is 1. The molecule has 0 saturated carbocycles. The van der Waals surface area contributed by atoms with Gasteiger partial charge in [0.1, 0.15) is 11.5 Å². The summed E-state index contributed by atoms with van der Waals surface area (Å²) in [6.45, 7) is 1.93. The molecule has 0 unspecified atom stereocenters. The molecular formula is C34H25NO4. The molecule has 5 nitrogen and oxygen atoms in total. The van der Waals surface area contributed by atoms with Crippen LogP contribution in [-0.4, -0.2) is 23.4 Å². The predicted octanol–water partition coefficient (Wildman–Crippen LogP) is 7.55. The Morgan fingerprint density at radius 1 is 0.692 bits per heavy atom. The summed E-state index contributed by atoms with van der Waals surface area (Å²) < 4.78 is 13.2. The average molecular weight is 512 g/mol. The van der Waals surface area contributed by atoms with Crippen LogP contribution in [0, 0.1) is 6.92 Å². The summed E-state index contributed by atoms with van der Waals surface area (Å²) in [4.78, 5) is 27.0. The molecule has 6 rings (SSSR count). The molecule has 0 aliphatic rings. The van der Waals surface area contributed by atoms with E-state index in [1.54, 1.807) is 25.3 Å². The molecule has 1 heterocycles. The Morgan fingerprint density at radius 2 is 1.38 bits per heavy atom. The van der Waals surface area contributed by atoms with Crippen molar-refractivity contribution in [3.05, 3.63) is 138 Å². The van der Waals surface area contributed by atoms with Crippen LogP contribution in [0.3, 0.4) is 0 Å². The van der Waals surface area contributed by atoms with Gasteiger partial charge in [-0.25, -0.2) is 4.79 Å². The highest BCUT2D eigenvalue weighted by Gasteiger charge is 2.23. The first-order valence-electron chi connectivity index (χ1n) is 12.6. The zero-order valence-corrected chi connectivity index (χ0v) is 21.5. The molecule has 190 valence electrons. The van der Waals surface area contributed by atoms with Crippen molar-refractivity contribution >= 4 is 33.4 Å². The zero-order chi connectivity index (χ0) is 26.9. The van der Waals surface area contributed by atoms with Gasteiger partial charge in [-0.15, -0.1) is 0 Å². The van der Waals surface area contributed by atoms with Crippen molar-refractivity contribution in [3.63, 3.8) is 0 Å². The molecule has 0 aliphatic carbocycles. The number of aromatic nitrogens is 1. The first-order chi connectivity index (χ1) is 19.0. The molecule has 5 heteroatoms. The third-order valence-electron chi connectivity index (χ3n) is 6.99. The van der Waals surface area contributed by atoms with Crippen LogP contribution < -0.4 is 9.47 Å². The first-order valence-corrected chi connectivity index (χ1v) is 12.6. The number of nitrogens with zero attached hydrogens (tertiary/aromatic N) is 1. The Labute approximate surface area is 225 Å². The fourth-order valence-electron chi connectivity index (χ4n) is 5.11. The number of rotatable bonds is 6. The number of esters is 1. The van der Waals surface area contributed by atoms with E-state index in [2.05, 4.69) is 0 Å². The Hall–Kier alpha value is -5.16. The molecule has 0 aliphatic heterocycles. The van der Waals surface area contributed by atoms with Crippen molar-refractivity contribution in [2.45, 2.75) is 6.92 Å². The third-order valence-corrected chi connectivity index (χ3v) is 6.99. The minimum Gasteiger partial charge on any atom is -0.497 e. The predicted molar refractivity (Wildman–Crippen MR) is 153 cm³/mol. The molecule has 5 aromatic carbocycles. The van der Waals surface area contributed by atoms with Crippen molar-refractivity contribution in [2.75, 3.05) is 7.11 Å². The fourth-order valence-corrected chi connectivity index (χ4v) is 5.11. The molecule has 6 aromatic rings. The second-order valence-electron chi connectivity index (χ2n) is 9.28. The van der Waals surface area contributed by atoms with Crippen molar-refractivity contribution in [1.82, 2.24) is 4.57 Å². The van der Waals surface area contributed by atoms with Crippen molar-refractivity contribution in [2.24, 2.45) is 0 Å². The molecule has 0 saturated heterocycles. The van der Waals surface area contributed by atoms with Gasteiger partial charge in [0, 0.05) is 22.3 Å². The Bertz CT molecular complexity index is 1850. The minimum absolute atomic E-state index is 0.0945. The van der Waals surface area contributed by atoms with E-state index >= 15 is 0 Å². The van der Waals surface area contributed by atoms with E-state index in [0.29, 0.717) is 27.8 Å². The van der Waals surface area contributed by atoms with E-state index in [1.165, 1.54) is 0 Å². The van der Waals surface area contributed by atoms with Gasteiger partial charge in [-0.2, -0.15) is 0 Å². The number of fused-ring (bicyclic) bond motifs is 2. The molecule has 1 aromatic heterocycles. The van der Waals surface area contributed by atoms with Crippen LogP contribution in [0.4, 0.5) is 0 Å². The largest absolute Gasteiger partial charge is 0.497 e. The lowest BCUT2D eigenvalue weighted by Crippen LogP contribution is -2.09. The van der Waals surface area contributed by atoms with Gasteiger partial charge in [0.15, 0.2) is 5.78 Å². The van der Waals surface area contributed by atoms with Gasteiger partial charge in [0.05, 0.1) is 23.8 Å². The van der Waals surface area contributed by atoms with E-state index < -0.39 is 5.97 Å². The van der Waals surface area contributed by atoms with E-state index in [-0.39, 0.29) is 5.78 Å². The van der Waals surface area contributed by atoms with Crippen LogP contribution in [0.15, 0.2) is 115 Å². The maximum Gasteiger partial charge on any atom is 0.344 e. The first kappa shape index (κ1) is 24.2. The lowest BCUT2D eigenvalue weighted by atomic mass is 10.0. The molecule has 0 N–H and O–H groups in total. The quantitative estimate of drug-likeness (QED) is 0.132. The molecule has 0 fully saturated rings. The van der Waals surface area contributed by atoms with E-state index in [4.69, 9.17) is 9.47 Å². The maximum atomic E-state index is 13.8. The second-order valence-corrected chi connectivity index (χ2v) is 9.28. The zero-order valence-electron chi connectivity index (χ0n) is 21.5. The highest BCUT2D eigenvalue weighted by atomic mass is 16.5. The number of carbonyl (C=O) groups is 2. The highest BCUT2D eigenvalue weighted by Crippen LogP contribution is 2.34. The van der Waals surface area contributed by atoms with Crippen molar-refractivity contribution < 1.29 is 19.1 Å². The van der Waals surface area contributed by atoms with Gasteiger partial charge < -0.3 is 14.0 Å². The summed E-state index contributed by atoms with van der Waals surface area (Å²) in [7, 11) is 1.63. The molecule has 0 amide bonds. The smallest absolute Gasteiger partial charge is 0.344 e. The van der Waals surface area contributed by atoms with Gasteiger partial charge in [0.2, 0.25) is 0 Å². The van der Waals surface area contributed by atoms with E-state index in [1.807, 2.05) is 109 Å². The number of hydrogen-bond donors (Lipinski definition) is 0. The van der Waals surface area contributed by atoms with Crippen LogP contribution in [0.2, 0.25) is 0 Å². The summed E-state index contributed by atoms with van der Waals surface area (Å²) >= 11 is 0. The fraction of sp³-hybridized carbons (Fsp3) is 0.0588.